The molecule has 0 aliphatic heterocycles. The number of nitrogens with zero attached hydrogens (tertiary/aromatic N) is 1. The van der Waals surface area contributed by atoms with Crippen LogP contribution in [0.15, 0.2) is 24.6 Å². The van der Waals surface area contributed by atoms with Crippen LogP contribution in [0.2, 0.25) is 0 Å². The van der Waals surface area contributed by atoms with E-state index in [1.165, 1.54) is 250 Å². The standard InChI is InChI=1S/C50H100NO4P/c1-3-5-7-9-11-13-15-17-19-21-23-27-31-35-39-43-47-51(48-44-40-36-32-28-24-22-20-18-16-14-12-10-8-6-4-2)49-45-41-37-33-29-25-26-30-34-38-42-46-50-55-56(52,53)54/h43-44,47-48H,3-42,45-46,49-50H2,1-2H3,(H2,52,53,54). The molecule has 0 aromatic heterocycles. The molecule has 0 radical (unpaired) electrons. The van der Waals surface area contributed by atoms with E-state index in [-0.39, 0.29) is 6.61 Å². The van der Waals surface area contributed by atoms with E-state index < -0.39 is 7.82 Å². The van der Waals surface area contributed by atoms with Gasteiger partial charge in [0.05, 0.1) is 6.61 Å². The van der Waals surface area contributed by atoms with Gasteiger partial charge in [-0.25, -0.2) is 4.57 Å². The molecule has 0 atom stereocenters. The largest absolute Gasteiger partial charge is 0.469 e. The van der Waals surface area contributed by atoms with Crippen molar-refractivity contribution in [3.05, 3.63) is 24.6 Å². The summed E-state index contributed by atoms with van der Waals surface area (Å²) in [4.78, 5) is 19.9. The third-order valence-electron chi connectivity index (χ3n) is 11.6. The zero-order valence-electron chi connectivity index (χ0n) is 38.0. The molecule has 0 aromatic carbocycles. The second kappa shape index (κ2) is 47.1. The summed E-state index contributed by atoms with van der Waals surface area (Å²) in [5.74, 6) is 0. The van der Waals surface area contributed by atoms with Crippen LogP contribution in [-0.2, 0) is 9.09 Å². The van der Waals surface area contributed by atoms with Crippen molar-refractivity contribution in [2.24, 2.45) is 0 Å². The molecule has 0 fully saturated rings. The molecule has 0 saturated heterocycles. The van der Waals surface area contributed by atoms with Crippen molar-refractivity contribution in [1.82, 2.24) is 4.90 Å². The van der Waals surface area contributed by atoms with Crippen LogP contribution in [0.4, 0.5) is 0 Å². The third kappa shape index (κ3) is 49.5. The predicted octanol–water partition coefficient (Wildman–Crippen LogP) is 17.8. The molecule has 334 valence electrons. The van der Waals surface area contributed by atoms with Crippen LogP contribution in [0.5, 0.6) is 0 Å². The molecule has 0 heterocycles. The lowest BCUT2D eigenvalue weighted by Gasteiger charge is -2.15. The number of hydrogen-bond acceptors (Lipinski definition) is 3. The predicted molar refractivity (Wildman–Crippen MR) is 248 cm³/mol. The average Bonchev–Trinajstić information content (AvgIpc) is 3.18. The second-order valence-corrected chi connectivity index (χ2v) is 18.6. The van der Waals surface area contributed by atoms with Crippen LogP contribution in [0.1, 0.15) is 284 Å². The minimum Gasteiger partial charge on any atom is -0.355 e. The van der Waals surface area contributed by atoms with Crippen LogP contribution in [0.25, 0.3) is 0 Å². The van der Waals surface area contributed by atoms with Gasteiger partial charge in [0.25, 0.3) is 0 Å². The molecule has 0 aliphatic carbocycles. The molecule has 0 rings (SSSR count). The monoisotopic (exact) mass is 810 g/mol. The SMILES string of the molecule is CCCCCCCCCCCCCCCCC=CN(C=CCCCCCCCCCCCCCCCC)CCCCCCCCCCCCCCOP(=O)(O)O. The maximum atomic E-state index is 10.7. The Morgan fingerprint density at radius 2 is 0.625 bits per heavy atom. The summed E-state index contributed by atoms with van der Waals surface area (Å²) in [6, 6.07) is 0. The van der Waals surface area contributed by atoms with Crippen molar-refractivity contribution >= 4 is 7.82 Å². The topological polar surface area (TPSA) is 70.0 Å². The highest BCUT2D eigenvalue weighted by Crippen LogP contribution is 2.35. The summed E-state index contributed by atoms with van der Waals surface area (Å²) in [5, 5.41) is 0. The number of rotatable bonds is 48. The van der Waals surface area contributed by atoms with Gasteiger partial charge in [0, 0.05) is 6.54 Å². The van der Waals surface area contributed by atoms with Crippen molar-refractivity contribution in [3.63, 3.8) is 0 Å². The summed E-state index contributed by atoms with van der Waals surface area (Å²) >= 11 is 0. The van der Waals surface area contributed by atoms with Gasteiger partial charge in [-0.2, -0.15) is 0 Å². The van der Waals surface area contributed by atoms with Gasteiger partial charge in [-0.3, -0.25) is 4.52 Å². The highest BCUT2D eigenvalue weighted by Gasteiger charge is 2.12. The van der Waals surface area contributed by atoms with E-state index in [0.717, 1.165) is 25.8 Å². The Bertz CT molecular complexity index is 801. The summed E-state index contributed by atoms with van der Waals surface area (Å²) in [7, 11) is -4.30. The minimum atomic E-state index is -4.30. The van der Waals surface area contributed by atoms with Gasteiger partial charge < -0.3 is 14.7 Å². The normalized spacial score (nSPS) is 12.2. The van der Waals surface area contributed by atoms with E-state index >= 15 is 0 Å². The Balaban J connectivity index is 4.10. The maximum absolute atomic E-state index is 10.7. The van der Waals surface area contributed by atoms with Crippen LogP contribution in [0, 0.1) is 0 Å². The molecule has 0 unspecified atom stereocenters. The van der Waals surface area contributed by atoms with Crippen molar-refractivity contribution < 1.29 is 18.9 Å². The van der Waals surface area contributed by atoms with E-state index in [2.05, 4.69) is 47.8 Å². The lowest BCUT2D eigenvalue weighted by molar-refractivity contribution is 0.193. The van der Waals surface area contributed by atoms with E-state index in [9.17, 15) is 4.57 Å². The molecule has 0 spiro atoms. The minimum absolute atomic E-state index is 0.160. The molecule has 6 heteroatoms. The van der Waals surface area contributed by atoms with Crippen LogP contribution < -0.4 is 0 Å². The Morgan fingerprint density at radius 3 is 0.911 bits per heavy atom. The van der Waals surface area contributed by atoms with Crippen molar-refractivity contribution in [1.29, 1.82) is 0 Å². The zero-order valence-corrected chi connectivity index (χ0v) is 38.9. The molecule has 0 aromatic rings. The molecule has 5 nitrogen and oxygen atoms in total. The molecule has 2 N–H and O–H groups in total. The fourth-order valence-electron chi connectivity index (χ4n) is 7.88. The lowest BCUT2D eigenvalue weighted by Crippen LogP contribution is -2.11. The first kappa shape index (κ1) is 55.4. The molecular formula is C50H100NO4P. The van der Waals surface area contributed by atoms with E-state index in [1.807, 2.05) is 0 Å². The molecule has 0 aliphatic rings. The third-order valence-corrected chi connectivity index (χ3v) is 12.1. The Morgan fingerprint density at radius 1 is 0.375 bits per heavy atom. The first-order valence-corrected chi connectivity index (χ1v) is 26.8. The van der Waals surface area contributed by atoms with Gasteiger partial charge in [-0.05, 0) is 50.9 Å². The van der Waals surface area contributed by atoms with Crippen molar-refractivity contribution in [2.75, 3.05) is 13.2 Å². The zero-order chi connectivity index (χ0) is 40.7. The smallest absolute Gasteiger partial charge is 0.355 e. The number of phosphoric ester groups is 1. The van der Waals surface area contributed by atoms with Gasteiger partial charge in [-0.1, -0.05) is 257 Å². The molecule has 56 heavy (non-hydrogen) atoms. The Hall–Kier alpha value is -0.610. The molecule has 0 amide bonds. The van der Waals surface area contributed by atoms with E-state index in [4.69, 9.17) is 9.79 Å². The summed E-state index contributed by atoms with van der Waals surface area (Å²) in [6.45, 7) is 5.91. The van der Waals surface area contributed by atoms with Gasteiger partial charge in [0.15, 0.2) is 0 Å². The van der Waals surface area contributed by atoms with Crippen LogP contribution >= 0.6 is 7.82 Å². The highest BCUT2D eigenvalue weighted by molar-refractivity contribution is 7.46. The Kier molecular flexibility index (Phi) is 46.6. The first-order chi connectivity index (χ1) is 27.5. The number of hydrogen-bond donors (Lipinski definition) is 2. The van der Waals surface area contributed by atoms with Crippen LogP contribution in [0.3, 0.4) is 0 Å². The summed E-state index contributed by atoms with van der Waals surface area (Å²) < 4.78 is 15.2. The van der Waals surface area contributed by atoms with Crippen LogP contribution in [-0.4, -0.2) is 27.8 Å². The fraction of sp³-hybridized carbons (Fsp3) is 0.920. The molecule has 0 saturated carbocycles. The number of allylic oxidation sites excluding steroid dienone is 2. The Labute approximate surface area is 351 Å². The number of unbranched alkanes of at least 4 members (excludes halogenated alkanes) is 39. The van der Waals surface area contributed by atoms with Crippen molar-refractivity contribution in [2.45, 2.75) is 284 Å². The molecular weight excluding hydrogens is 710 g/mol. The van der Waals surface area contributed by atoms with Gasteiger partial charge >= 0.3 is 7.82 Å². The summed E-state index contributed by atoms with van der Waals surface area (Å²) in [5.41, 5.74) is 0. The van der Waals surface area contributed by atoms with Gasteiger partial charge in [-0.15, -0.1) is 0 Å². The van der Waals surface area contributed by atoms with E-state index in [1.54, 1.807) is 0 Å². The average molecular weight is 810 g/mol. The van der Waals surface area contributed by atoms with Crippen molar-refractivity contribution in [3.8, 4) is 0 Å². The van der Waals surface area contributed by atoms with E-state index in [0.29, 0.717) is 0 Å². The summed E-state index contributed by atoms with van der Waals surface area (Å²) in [6.07, 6.45) is 66.5. The first-order valence-electron chi connectivity index (χ1n) is 25.3. The maximum Gasteiger partial charge on any atom is 0.469 e. The van der Waals surface area contributed by atoms with Gasteiger partial charge in [0.2, 0.25) is 0 Å². The molecule has 0 bridgehead atoms. The fourth-order valence-corrected chi connectivity index (χ4v) is 8.25. The lowest BCUT2D eigenvalue weighted by atomic mass is 10.0. The second-order valence-electron chi connectivity index (χ2n) is 17.3. The quantitative estimate of drug-likeness (QED) is 0.0473. The van der Waals surface area contributed by atoms with Gasteiger partial charge in [0.1, 0.15) is 0 Å². The number of phosphoric acid groups is 1. The highest BCUT2D eigenvalue weighted by atomic mass is 31.2.